The number of nitrogens with one attached hydrogen (secondary N) is 2. The second-order valence-corrected chi connectivity index (χ2v) is 7.07. The molecule has 0 saturated carbocycles. The summed E-state index contributed by atoms with van der Waals surface area (Å²) in [5.41, 5.74) is 5.84. The first-order valence-electron chi connectivity index (χ1n) is 9.69. The number of benzene rings is 3. The lowest BCUT2D eigenvalue weighted by atomic mass is 10.0. The quantitative estimate of drug-likeness (QED) is 0.502. The van der Waals surface area contributed by atoms with Crippen LogP contribution in [0.25, 0.3) is 22.0 Å². The van der Waals surface area contributed by atoms with Crippen molar-refractivity contribution in [3.05, 3.63) is 99.8 Å². The maximum Gasteiger partial charge on any atom is 0.255 e. The van der Waals surface area contributed by atoms with Crippen LogP contribution in [-0.2, 0) is 6.42 Å². The molecule has 1 heterocycles. The maximum absolute atomic E-state index is 12.6. The predicted molar refractivity (Wildman–Crippen MR) is 119 cm³/mol. The molecule has 0 spiro atoms. The lowest BCUT2D eigenvalue weighted by Crippen LogP contribution is -2.15. The van der Waals surface area contributed by atoms with Gasteiger partial charge in [-0.2, -0.15) is 0 Å². The van der Waals surface area contributed by atoms with E-state index >= 15 is 0 Å². The average molecular weight is 382 g/mol. The molecule has 4 aromatic rings. The number of hydrogen-bond donors (Lipinski definition) is 2. The Bertz CT molecular complexity index is 1240. The smallest absolute Gasteiger partial charge is 0.255 e. The maximum atomic E-state index is 12.6. The van der Waals surface area contributed by atoms with Gasteiger partial charge in [0.05, 0.1) is 5.52 Å². The second kappa shape index (κ2) is 7.76. The van der Waals surface area contributed by atoms with Crippen LogP contribution in [0.5, 0.6) is 0 Å². The van der Waals surface area contributed by atoms with E-state index in [0.717, 1.165) is 33.2 Å². The van der Waals surface area contributed by atoms with Gasteiger partial charge in [-0.3, -0.25) is 9.59 Å². The number of rotatable bonds is 4. The Morgan fingerprint density at radius 3 is 2.31 bits per heavy atom. The Balaban J connectivity index is 1.58. The summed E-state index contributed by atoms with van der Waals surface area (Å²) in [5, 5.41) is 3.91. The van der Waals surface area contributed by atoms with Gasteiger partial charge in [-0.1, -0.05) is 55.5 Å². The number of H-pyrrole nitrogens is 1. The molecule has 1 amide bonds. The zero-order chi connectivity index (χ0) is 20.4. The van der Waals surface area contributed by atoms with Gasteiger partial charge in [0.15, 0.2) is 0 Å². The first kappa shape index (κ1) is 18.7. The van der Waals surface area contributed by atoms with Crippen LogP contribution in [0.4, 0.5) is 5.69 Å². The third kappa shape index (κ3) is 3.69. The molecule has 0 aliphatic rings. The number of fused-ring (bicyclic) bond motifs is 1. The van der Waals surface area contributed by atoms with Crippen LogP contribution in [-0.4, -0.2) is 10.9 Å². The monoisotopic (exact) mass is 382 g/mol. The number of anilines is 1. The standard InChI is InChI=1S/C25H22N2O2/c1-3-21-16(2)22-14-13-20(15-23(22)27-25(21)29)26-24(28)19-11-9-18(10-12-19)17-7-5-4-6-8-17/h4-15H,3H2,1-2H3,(H,26,28)(H,27,29). The van der Waals surface area contributed by atoms with Crippen LogP contribution >= 0.6 is 0 Å². The molecule has 0 bridgehead atoms. The SMILES string of the molecule is CCc1c(C)c2ccc(NC(=O)c3ccc(-c4ccccc4)cc3)cc2[nH]c1=O. The fourth-order valence-electron chi connectivity index (χ4n) is 3.66. The van der Waals surface area contributed by atoms with Crippen LogP contribution in [0.2, 0.25) is 0 Å². The van der Waals surface area contributed by atoms with E-state index in [-0.39, 0.29) is 11.5 Å². The second-order valence-electron chi connectivity index (χ2n) is 7.07. The number of pyridine rings is 1. The fourth-order valence-corrected chi connectivity index (χ4v) is 3.66. The zero-order valence-electron chi connectivity index (χ0n) is 16.5. The lowest BCUT2D eigenvalue weighted by molar-refractivity contribution is 0.102. The minimum atomic E-state index is -0.187. The number of amides is 1. The van der Waals surface area contributed by atoms with Crippen molar-refractivity contribution in [2.75, 3.05) is 5.32 Å². The van der Waals surface area contributed by atoms with Gasteiger partial charge in [0.25, 0.3) is 11.5 Å². The molecule has 0 unspecified atom stereocenters. The highest BCUT2D eigenvalue weighted by Gasteiger charge is 2.10. The molecule has 3 aromatic carbocycles. The van der Waals surface area contributed by atoms with Crippen molar-refractivity contribution in [3.63, 3.8) is 0 Å². The third-order valence-electron chi connectivity index (χ3n) is 5.26. The van der Waals surface area contributed by atoms with Crippen molar-refractivity contribution in [1.82, 2.24) is 4.98 Å². The topological polar surface area (TPSA) is 62.0 Å². The van der Waals surface area contributed by atoms with Crippen molar-refractivity contribution in [1.29, 1.82) is 0 Å². The summed E-state index contributed by atoms with van der Waals surface area (Å²) >= 11 is 0. The van der Waals surface area contributed by atoms with Gasteiger partial charge in [0.2, 0.25) is 0 Å². The molecule has 0 radical (unpaired) electrons. The highest BCUT2D eigenvalue weighted by atomic mass is 16.1. The van der Waals surface area contributed by atoms with Crippen molar-refractivity contribution in [2.24, 2.45) is 0 Å². The van der Waals surface area contributed by atoms with E-state index in [0.29, 0.717) is 17.7 Å². The molecule has 0 fully saturated rings. The number of hydrogen-bond acceptors (Lipinski definition) is 2. The number of carbonyl (C=O) groups is 1. The van der Waals surface area contributed by atoms with Gasteiger partial charge in [0.1, 0.15) is 0 Å². The Kier molecular flexibility index (Phi) is 5.00. The predicted octanol–water partition coefficient (Wildman–Crippen LogP) is 5.32. The van der Waals surface area contributed by atoms with Crippen molar-refractivity contribution >= 4 is 22.5 Å². The minimum Gasteiger partial charge on any atom is -0.322 e. The molecule has 0 atom stereocenters. The summed E-state index contributed by atoms with van der Waals surface area (Å²) in [4.78, 5) is 27.8. The molecule has 4 nitrogen and oxygen atoms in total. The van der Waals surface area contributed by atoms with Gasteiger partial charge >= 0.3 is 0 Å². The highest BCUT2D eigenvalue weighted by molar-refractivity contribution is 6.05. The Labute approximate surface area is 169 Å². The zero-order valence-corrected chi connectivity index (χ0v) is 16.5. The number of carbonyl (C=O) groups excluding carboxylic acids is 1. The molecule has 0 saturated heterocycles. The van der Waals surface area contributed by atoms with E-state index in [4.69, 9.17) is 0 Å². The van der Waals surface area contributed by atoms with Gasteiger partial charge in [-0.15, -0.1) is 0 Å². The summed E-state index contributed by atoms with van der Waals surface area (Å²) in [7, 11) is 0. The van der Waals surface area contributed by atoms with E-state index in [1.807, 2.05) is 80.6 Å². The summed E-state index contributed by atoms with van der Waals surface area (Å²) in [6, 6.07) is 23.2. The Morgan fingerprint density at radius 2 is 1.62 bits per heavy atom. The van der Waals surface area contributed by atoms with Crippen LogP contribution in [0.15, 0.2) is 77.6 Å². The van der Waals surface area contributed by atoms with Gasteiger partial charge in [-0.25, -0.2) is 0 Å². The van der Waals surface area contributed by atoms with Crippen LogP contribution in [0, 0.1) is 6.92 Å². The molecule has 4 rings (SSSR count). The fraction of sp³-hybridized carbons (Fsp3) is 0.120. The van der Waals surface area contributed by atoms with Crippen molar-refractivity contribution in [2.45, 2.75) is 20.3 Å². The van der Waals surface area contributed by atoms with Gasteiger partial charge in [0, 0.05) is 22.2 Å². The van der Waals surface area contributed by atoms with E-state index < -0.39 is 0 Å². The largest absolute Gasteiger partial charge is 0.322 e. The van der Waals surface area contributed by atoms with E-state index in [9.17, 15) is 9.59 Å². The number of aromatic amines is 1. The van der Waals surface area contributed by atoms with E-state index in [2.05, 4.69) is 10.3 Å². The van der Waals surface area contributed by atoms with Crippen LogP contribution in [0.3, 0.4) is 0 Å². The Morgan fingerprint density at radius 1 is 0.931 bits per heavy atom. The molecular formula is C25H22N2O2. The molecule has 2 N–H and O–H groups in total. The van der Waals surface area contributed by atoms with Gasteiger partial charge < -0.3 is 10.3 Å². The summed E-state index contributed by atoms with van der Waals surface area (Å²) < 4.78 is 0. The van der Waals surface area contributed by atoms with E-state index in [1.54, 1.807) is 6.07 Å². The van der Waals surface area contributed by atoms with Crippen molar-refractivity contribution in [3.8, 4) is 11.1 Å². The molecule has 0 aliphatic carbocycles. The Hall–Kier alpha value is -3.66. The van der Waals surface area contributed by atoms with E-state index in [1.165, 1.54) is 0 Å². The highest BCUT2D eigenvalue weighted by Crippen LogP contribution is 2.23. The molecule has 144 valence electrons. The first-order valence-corrected chi connectivity index (χ1v) is 9.69. The lowest BCUT2D eigenvalue weighted by Gasteiger charge is -2.10. The van der Waals surface area contributed by atoms with Crippen molar-refractivity contribution < 1.29 is 4.79 Å². The minimum absolute atomic E-state index is 0.0718. The normalized spacial score (nSPS) is 10.8. The third-order valence-corrected chi connectivity index (χ3v) is 5.26. The summed E-state index contributed by atoms with van der Waals surface area (Å²) in [6.07, 6.45) is 0.689. The molecule has 29 heavy (non-hydrogen) atoms. The molecule has 4 heteroatoms. The molecule has 1 aromatic heterocycles. The number of aryl methyl sites for hydroxylation is 1. The first-order chi connectivity index (χ1) is 14.1. The average Bonchev–Trinajstić information content (AvgIpc) is 2.74. The van der Waals surface area contributed by atoms with Crippen LogP contribution < -0.4 is 10.9 Å². The van der Waals surface area contributed by atoms with Crippen LogP contribution in [0.1, 0.15) is 28.4 Å². The summed E-state index contributed by atoms with van der Waals surface area (Å²) in [5.74, 6) is -0.187. The summed E-state index contributed by atoms with van der Waals surface area (Å²) in [6.45, 7) is 3.93. The molecular weight excluding hydrogens is 360 g/mol. The number of aromatic nitrogens is 1. The van der Waals surface area contributed by atoms with Gasteiger partial charge in [-0.05, 0) is 54.3 Å². The molecule has 0 aliphatic heterocycles.